The van der Waals surface area contributed by atoms with E-state index in [2.05, 4.69) is 0 Å². The minimum absolute atomic E-state index is 0.0972. The first-order valence-corrected chi connectivity index (χ1v) is 4.03. The van der Waals surface area contributed by atoms with Crippen LogP contribution in [0.5, 0.6) is 0 Å². The Kier molecular flexibility index (Phi) is 3.30. The Morgan fingerprint density at radius 3 is 2.91 bits per heavy atom. The topological polar surface area (TPSA) is 38.7 Å². The van der Waals surface area contributed by atoms with Crippen LogP contribution in [0.4, 0.5) is 0 Å². The summed E-state index contributed by atoms with van der Waals surface area (Å²) in [5.41, 5.74) is 0. The highest BCUT2D eigenvalue weighted by Gasteiger charge is 2.31. The van der Waals surface area contributed by atoms with Gasteiger partial charge in [-0.15, -0.1) is 0 Å². The zero-order valence-corrected chi connectivity index (χ0v) is 7.12. The first-order chi connectivity index (χ1) is 5.27. The van der Waals surface area contributed by atoms with Crippen molar-refractivity contribution in [3.05, 3.63) is 0 Å². The van der Waals surface area contributed by atoms with Gasteiger partial charge in [-0.05, 0) is 13.3 Å². The van der Waals surface area contributed by atoms with E-state index in [-0.39, 0.29) is 24.7 Å². The molecule has 3 atom stereocenters. The molecule has 0 amide bonds. The van der Waals surface area contributed by atoms with E-state index in [0.29, 0.717) is 6.61 Å². The van der Waals surface area contributed by atoms with Crippen LogP contribution in [-0.4, -0.2) is 37.6 Å². The number of hydrogen-bond donors (Lipinski definition) is 1. The van der Waals surface area contributed by atoms with Crippen molar-refractivity contribution in [2.45, 2.75) is 25.6 Å². The second-order valence-corrected chi connectivity index (χ2v) is 3.12. The van der Waals surface area contributed by atoms with E-state index in [4.69, 9.17) is 14.6 Å². The van der Waals surface area contributed by atoms with E-state index in [9.17, 15) is 0 Å². The van der Waals surface area contributed by atoms with Crippen molar-refractivity contribution >= 4 is 0 Å². The summed E-state index contributed by atoms with van der Waals surface area (Å²) in [7, 11) is 1.65. The van der Waals surface area contributed by atoms with Crippen LogP contribution >= 0.6 is 0 Å². The molecule has 1 saturated heterocycles. The fourth-order valence-electron chi connectivity index (χ4n) is 1.57. The van der Waals surface area contributed by atoms with E-state index in [1.807, 2.05) is 6.92 Å². The maximum Gasteiger partial charge on any atom is 0.0862 e. The third-order valence-electron chi connectivity index (χ3n) is 2.13. The molecule has 0 aromatic rings. The van der Waals surface area contributed by atoms with Gasteiger partial charge in [0.25, 0.3) is 0 Å². The summed E-state index contributed by atoms with van der Waals surface area (Å²) in [6, 6.07) is 0. The SMILES string of the molecule is COC[C@@H]1O[C@H](C)C[C@H]1CO. The first kappa shape index (κ1) is 8.97. The fraction of sp³-hybridized carbons (Fsp3) is 1.00. The number of rotatable bonds is 3. The van der Waals surface area contributed by atoms with Gasteiger partial charge in [-0.3, -0.25) is 0 Å². The van der Waals surface area contributed by atoms with Crippen molar-refractivity contribution in [1.82, 2.24) is 0 Å². The van der Waals surface area contributed by atoms with Gasteiger partial charge < -0.3 is 14.6 Å². The fourth-order valence-corrected chi connectivity index (χ4v) is 1.57. The largest absolute Gasteiger partial charge is 0.396 e. The Hall–Kier alpha value is -0.120. The highest BCUT2D eigenvalue weighted by molar-refractivity contribution is 4.79. The predicted molar refractivity (Wildman–Crippen MR) is 41.4 cm³/mol. The van der Waals surface area contributed by atoms with Crippen molar-refractivity contribution in [2.24, 2.45) is 5.92 Å². The van der Waals surface area contributed by atoms with Crippen molar-refractivity contribution in [1.29, 1.82) is 0 Å². The second-order valence-electron chi connectivity index (χ2n) is 3.12. The highest BCUT2D eigenvalue weighted by atomic mass is 16.5. The lowest BCUT2D eigenvalue weighted by Gasteiger charge is -2.14. The van der Waals surface area contributed by atoms with Gasteiger partial charge in [-0.1, -0.05) is 0 Å². The minimum Gasteiger partial charge on any atom is -0.396 e. The van der Waals surface area contributed by atoms with E-state index < -0.39 is 0 Å². The quantitative estimate of drug-likeness (QED) is 0.650. The van der Waals surface area contributed by atoms with Crippen LogP contribution in [0.3, 0.4) is 0 Å². The predicted octanol–water partition coefficient (Wildman–Crippen LogP) is 0.419. The molecule has 1 rings (SSSR count). The molecule has 0 aromatic heterocycles. The number of ether oxygens (including phenoxy) is 2. The Morgan fingerprint density at radius 2 is 2.36 bits per heavy atom. The van der Waals surface area contributed by atoms with E-state index in [1.165, 1.54) is 0 Å². The third-order valence-corrected chi connectivity index (χ3v) is 2.13. The summed E-state index contributed by atoms with van der Waals surface area (Å²) in [6.07, 6.45) is 1.32. The van der Waals surface area contributed by atoms with Gasteiger partial charge in [0.05, 0.1) is 18.8 Å². The molecule has 11 heavy (non-hydrogen) atoms. The molecule has 3 nitrogen and oxygen atoms in total. The van der Waals surface area contributed by atoms with Crippen molar-refractivity contribution in [3.63, 3.8) is 0 Å². The molecule has 0 saturated carbocycles. The van der Waals surface area contributed by atoms with Crippen LogP contribution < -0.4 is 0 Å². The maximum absolute atomic E-state index is 8.95. The average molecular weight is 160 g/mol. The zero-order valence-electron chi connectivity index (χ0n) is 7.12. The molecule has 66 valence electrons. The molecule has 3 heteroatoms. The third kappa shape index (κ3) is 2.15. The van der Waals surface area contributed by atoms with Gasteiger partial charge >= 0.3 is 0 Å². The Balaban J connectivity index is 2.37. The van der Waals surface area contributed by atoms with E-state index >= 15 is 0 Å². The highest BCUT2D eigenvalue weighted by Crippen LogP contribution is 2.25. The van der Waals surface area contributed by atoms with E-state index in [1.54, 1.807) is 7.11 Å². The van der Waals surface area contributed by atoms with Gasteiger partial charge in [-0.25, -0.2) is 0 Å². The van der Waals surface area contributed by atoms with E-state index in [0.717, 1.165) is 6.42 Å². The van der Waals surface area contributed by atoms with Crippen LogP contribution in [-0.2, 0) is 9.47 Å². The monoisotopic (exact) mass is 160 g/mol. The zero-order chi connectivity index (χ0) is 8.27. The maximum atomic E-state index is 8.95. The lowest BCUT2D eigenvalue weighted by Crippen LogP contribution is -2.24. The lowest BCUT2D eigenvalue weighted by molar-refractivity contribution is -0.0142. The van der Waals surface area contributed by atoms with Gasteiger partial charge in [0.2, 0.25) is 0 Å². The summed E-state index contributed by atoms with van der Waals surface area (Å²) >= 11 is 0. The molecule has 1 aliphatic rings. The van der Waals surface area contributed by atoms with Crippen molar-refractivity contribution in [3.8, 4) is 0 Å². The Morgan fingerprint density at radius 1 is 1.64 bits per heavy atom. The van der Waals surface area contributed by atoms with Gasteiger partial charge in [0, 0.05) is 19.6 Å². The smallest absolute Gasteiger partial charge is 0.0862 e. The molecular formula is C8H16O3. The van der Waals surface area contributed by atoms with Crippen molar-refractivity contribution < 1.29 is 14.6 Å². The van der Waals surface area contributed by atoms with Crippen LogP contribution in [0.1, 0.15) is 13.3 Å². The molecule has 1 N–H and O–H groups in total. The molecule has 1 heterocycles. The molecular weight excluding hydrogens is 144 g/mol. The normalized spacial score (nSPS) is 37.9. The van der Waals surface area contributed by atoms with Crippen LogP contribution in [0, 0.1) is 5.92 Å². The number of aliphatic hydroxyl groups excluding tert-OH is 1. The number of hydrogen-bond acceptors (Lipinski definition) is 3. The first-order valence-electron chi connectivity index (χ1n) is 4.03. The van der Waals surface area contributed by atoms with Gasteiger partial charge in [0.1, 0.15) is 0 Å². The second kappa shape index (κ2) is 4.04. The molecule has 0 radical (unpaired) electrons. The Bertz CT molecular complexity index is 116. The van der Waals surface area contributed by atoms with Crippen LogP contribution in [0.15, 0.2) is 0 Å². The standard InChI is InChI=1S/C8H16O3/c1-6-3-7(4-9)8(11-6)5-10-2/h6-9H,3-5H2,1-2H3/t6-,7+,8+/m1/s1. The summed E-state index contributed by atoms with van der Waals surface area (Å²) < 4.78 is 10.5. The lowest BCUT2D eigenvalue weighted by atomic mass is 10.0. The Labute approximate surface area is 67.3 Å². The van der Waals surface area contributed by atoms with Crippen LogP contribution in [0.25, 0.3) is 0 Å². The van der Waals surface area contributed by atoms with Crippen LogP contribution in [0.2, 0.25) is 0 Å². The summed E-state index contributed by atoms with van der Waals surface area (Å²) in [4.78, 5) is 0. The number of aliphatic hydroxyl groups is 1. The average Bonchev–Trinajstić information content (AvgIpc) is 2.32. The molecule has 0 aliphatic carbocycles. The molecule has 0 spiro atoms. The summed E-state index contributed by atoms with van der Waals surface area (Å²) in [5.74, 6) is 0.268. The van der Waals surface area contributed by atoms with Gasteiger partial charge in [0.15, 0.2) is 0 Å². The molecule has 1 aliphatic heterocycles. The molecule has 0 bridgehead atoms. The molecule has 1 fully saturated rings. The minimum atomic E-state index is 0.0972. The van der Waals surface area contributed by atoms with Crippen molar-refractivity contribution in [2.75, 3.05) is 20.3 Å². The number of methoxy groups -OCH3 is 1. The molecule has 0 unspecified atom stereocenters. The summed E-state index contributed by atoms with van der Waals surface area (Å²) in [5, 5.41) is 8.95. The van der Waals surface area contributed by atoms with Gasteiger partial charge in [-0.2, -0.15) is 0 Å². The summed E-state index contributed by atoms with van der Waals surface area (Å²) in [6.45, 7) is 2.83. The molecule has 0 aromatic carbocycles.